The molecule has 0 aliphatic heterocycles. The number of methoxy groups -OCH3 is 2. The third-order valence-electron chi connectivity index (χ3n) is 0.858. The van der Waals surface area contributed by atoms with Gasteiger partial charge in [0.2, 0.25) is 0 Å². The summed E-state index contributed by atoms with van der Waals surface area (Å²) < 4.78 is 9.38. The third-order valence-corrected chi connectivity index (χ3v) is 0.858. The van der Waals surface area contributed by atoms with Crippen LogP contribution in [0.25, 0.3) is 0 Å². The Labute approximate surface area is 77.6 Å². The van der Waals surface area contributed by atoms with E-state index in [0.29, 0.717) is 0 Å². The fourth-order valence-corrected chi connectivity index (χ4v) is 0.490. The van der Waals surface area contributed by atoms with Crippen LogP contribution in [0.5, 0.6) is 0 Å². The Morgan fingerprint density at radius 1 is 1.22 bits per heavy atom. The van der Waals surface area contributed by atoms with Gasteiger partial charge < -0.3 is 14.6 Å². The summed E-state index contributed by atoms with van der Waals surface area (Å²) >= 11 is 0. The van der Waals surface area contributed by atoms with Gasteiger partial charge in [-0.05, 0) is 6.92 Å². The molecule has 0 saturated heterocycles. The molecule has 3 nitrogen and oxygen atoms in total. The molecule has 1 atom stereocenters. The van der Waals surface area contributed by atoms with E-state index in [1.165, 1.54) is 14.2 Å². The van der Waals surface area contributed by atoms with Crippen molar-refractivity contribution in [2.45, 2.75) is 19.3 Å². The first kappa shape index (κ1) is 12.5. The average Bonchev–Trinajstić information content (AvgIpc) is 1.69. The van der Waals surface area contributed by atoms with E-state index in [4.69, 9.17) is 5.11 Å². The summed E-state index contributed by atoms with van der Waals surface area (Å²) in [5, 5.41) is 8.76. The van der Waals surface area contributed by atoms with E-state index in [9.17, 15) is 0 Å². The Morgan fingerprint density at radius 2 is 1.56 bits per heavy atom. The Hall–Kier alpha value is 0.880. The molecule has 9 heavy (non-hydrogen) atoms. The van der Waals surface area contributed by atoms with Crippen LogP contribution in [-0.4, -0.2) is 61.3 Å². The van der Waals surface area contributed by atoms with Crippen LogP contribution in [0.3, 0.4) is 0 Å². The summed E-state index contributed by atoms with van der Waals surface area (Å²) in [5.74, 6) is 0. The van der Waals surface area contributed by atoms with Crippen molar-refractivity contribution in [3.05, 3.63) is 0 Å². The van der Waals surface area contributed by atoms with E-state index in [1.54, 1.807) is 6.92 Å². The second-order valence-corrected chi connectivity index (χ2v) is 1.58. The van der Waals surface area contributed by atoms with E-state index in [-0.39, 0.29) is 29.6 Å². The van der Waals surface area contributed by atoms with Crippen LogP contribution in [0.4, 0.5) is 0 Å². The zero-order valence-corrected chi connectivity index (χ0v) is 8.42. The van der Waals surface area contributed by atoms with Crippen molar-refractivity contribution < 1.29 is 14.6 Å². The quantitative estimate of drug-likeness (QED) is 0.432. The van der Waals surface area contributed by atoms with E-state index in [2.05, 4.69) is 9.47 Å². The van der Waals surface area contributed by atoms with Gasteiger partial charge in [-0.15, -0.1) is 0 Å². The Balaban J connectivity index is 0. The van der Waals surface area contributed by atoms with Gasteiger partial charge in [0.25, 0.3) is 0 Å². The predicted molar refractivity (Wildman–Crippen MR) is 35.2 cm³/mol. The zero-order valence-electron chi connectivity index (χ0n) is 6.42. The Kier molecular flexibility index (Phi) is 9.75. The fraction of sp³-hybridized carbons (Fsp3) is 1.00. The third kappa shape index (κ3) is 5.33. The summed E-state index contributed by atoms with van der Waals surface area (Å²) in [6.45, 7) is 1.61. The molecule has 0 aromatic rings. The molecule has 0 aliphatic carbocycles. The molecule has 51 valence electrons. The zero-order chi connectivity index (χ0) is 6.57. The maximum absolute atomic E-state index is 8.76. The number of aliphatic hydroxyl groups excluding tert-OH is 1. The number of rotatable bonds is 3. The van der Waals surface area contributed by atoms with E-state index < -0.39 is 12.4 Å². The molecule has 0 aromatic carbocycles. The maximum atomic E-state index is 8.76. The molecule has 0 aromatic heterocycles. The average molecular weight is 143 g/mol. The Morgan fingerprint density at radius 3 is 1.56 bits per heavy atom. The van der Waals surface area contributed by atoms with Gasteiger partial charge >= 0.3 is 0 Å². The maximum Gasteiger partial charge on any atom is 0.182 e. The molecule has 0 spiro atoms. The van der Waals surface area contributed by atoms with Crippen molar-refractivity contribution in [1.82, 2.24) is 0 Å². The molecule has 0 amide bonds. The van der Waals surface area contributed by atoms with Crippen molar-refractivity contribution in [3.8, 4) is 0 Å². The minimum atomic E-state index is -0.565. The summed E-state index contributed by atoms with van der Waals surface area (Å²) in [7, 11) is 2.97. The number of hydrogen-bond acceptors (Lipinski definition) is 3. The number of hydrogen-bond donors (Lipinski definition) is 1. The minimum Gasteiger partial charge on any atom is -0.388 e. The molecule has 1 unspecified atom stereocenters. The summed E-state index contributed by atoms with van der Waals surface area (Å²) in [5.41, 5.74) is 0. The smallest absolute Gasteiger partial charge is 0.182 e. The van der Waals surface area contributed by atoms with Crippen molar-refractivity contribution in [3.63, 3.8) is 0 Å². The first-order valence-corrected chi connectivity index (χ1v) is 2.46. The SMILES string of the molecule is COC(OC)C(C)O.[Na]. The normalized spacial score (nSPS) is 13.0. The Bertz CT molecular complexity index is 54.2. The molecular weight excluding hydrogens is 131 g/mol. The van der Waals surface area contributed by atoms with Crippen LogP contribution < -0.4 is 0 Å². The first-order valence-electron chi connectivity index (χ1n) is 2.46. The van der Waals surface area contributed by atoms with Gasteiger partial charge in [-0.1, -0.05) is 0 Å². The minimum absolute atomic E-state index is 0. The molecule has 0 rings (SSSR count). The van der Waals surface area contributed by atoms with Crippen molar-refractivity contribution in [2.75, 3.05) is 14.2 Å². The molecule has 0 bridgehead atoms. The van der Waals surface area contributed by atoms with Crippen LogP contribution in [0.2, 0.25) is 0 Å². The van der Waals surface area contributed by atoms with Crippen LogP contribution >= 0.6 is 0 Å². The molecule has 0 heterocycles. The van der Waals surface area contributed by atoms with Crippen molar-refractivity contribution in [1.29, 1.82) is 0 Å². The van der Waals surface area contributed by atoms with Crippen LogP contribution in [-0.2, 0) is 9.47 Å². The van der Waals surface area contributed by atoms with Gasteiger partial charge in [0.15, 0.2) is 6.29 Å². The number of aliphatic hydroxyl groups is 1. The molecule has 1 N–H and O–H groups in total. The monoisotopic (exact) mass is 143 g/mol. The van der Waals surface area contributed by atoms with Crippen molar-refractivity contribution >= 4 is 29.6 Å². The van der Waals surface area contributed by atoms with Crippen LogP contribution in [0.1, 0.15) is 6.92 Å². The molecular formula is C5H12NaO3. The van der Waals surface area contributed by atoms with Gasteiger partial charge in [-0.2, -0.15) is 0 Å². The molecule has 0 fully saturated rings. The molecule has 1 radical (unpaired) electrons. The van der Waals surface area contributed by atoms with Crippen LogP contribution in [0, 0.1) is 0 Å². The second-order valence-electron chi connectivity index (χ2n) is 1.58. The fourth-order valence-electron chi connectivity index (χ4n) is 0.490. The van der Waals surface area contributed by atoms with Gasteiger partial charge in [0.05, 0.1) is 0 Å². The van der Waals surface area contributed by atoms with Gasteiger partial charge in [0.1, 0.15) is 6.10 Å². The van der Waals surface area contributed by atoms with Crippen molar-refractivity contribution in [2.24, 2.45) is 0 Å². The molecule has 0 saturated carbocycles. The van der Waals surface area contributed by atoms with E-state index in [0.717, 1.165) is 0 Å². The summed E-state index contributed by atoms with van der Waals surface area (Å²) in [4.78, 5) is 0. The topological polar surface area (TPSA) is 38.7 Å². The second kappa shape index (κ2) is 6.99. The standard InChI is InChI=1S/C5H12O3.Na/c1-4(6)5(7-2)8-3;/h4-6H,1-3H3;. The molecule has 4 heteroatoms. The van der Waals surface area contributed by atoms with E-state index in [1.807, 2.05) is 0 Å². The molecule has 0 aliphatic rings. The van der Waals surface area contributed by atoms with Crippen LogP contribution in [0.15, 0.2) is 0 Å². The first-order chi connectivity index (χ1) is 3.72. The van der Waals surface area contributed by atoms with Gasteiger partial charge in [-0.3, -0.25) is 0 Å². The number of ether oxygens (including phenoxy) is 2. The van der Waals surface area contributed by atoms with Gasteiger partial charge in [-0.25, -0.2) is 0 Å². The van der Waals surface area contributed by atoms with E-state index >= 15 is 0 Å². The summed E-state index contributed by atoms with van der Waals surface area (Å²) in [6.07, 6.45) is -1.06. The summed E-state index contributed by atoms with van der Waals surface area (Å²) in [6, 6.07) is 0. The predicted octanol–water partition coefficient (Wildman–Crippen LogP) is -0.395. The largest absolute Gasteiger partial charge is 0.388 e. The van der Waals surface area contributed by atoms with Gasteiger partial charge in [0, 0.05) is 43.8 Å².